The third kappa shape index (κ3) is 7.93. The van der Waals surface area contributed by atoms with Gasteiger partial charge in [-0.05, 0) is 70.8 Å². The molecule has 4 aromatic rings. The van der Waals surface area contributed by atoms with E-state index in [2.05, 4.69) is 0 Å². The van der Waals surface area contributed by atoms with Crippen molar-refractivity contribution in [1.82, 2.24) is 4.90 Å². The maximum Gasteiger partial charge on any atom is 0.327 e. The number of carboxylic acid groups (broad SMARTS) is 2. The summed E-state index contributed by atoms with van der Waals surface area (Å²) >= 11 is 0. The summed E-state index contributed by atoms with van der Waals surface area (Å²) in [5.41, 5.74) is 6.82. The Balaban J connectivity index is 1.68. The number of amides is 2. The van der Waals surface area contributed by atoms with Crippen LogP contribution in [0, 0.1) is 0 Å². The van der Waals surface area contributed by atoms with Gasteiger partial charge in [0.2, 0.25) is 11.8 Å². The topological polar surface area (TPSA) is 156 Å². The smallest absolute Gasteiger partial charge is 0.327 e. The molecule has 4 aromatic carbocycles. The van der Waals surface area contributed by atoms with Gasteiger partial charge in [0.1, 0.15) is 23.6 Å². The first-order chi connectivity index (χ1) is 21.9. The Morgan fingerprint density at radius 2 is 1.09 bits per heavy atom. The molecule has 4 atom stereocenters. The SMILES string of the molecule is COc1ccc2cc(C(C)C(=O)N(C(=O)C(C)c3ccc4cc(OC)ccc4c3)[C@@H](CSSCC(N)C(=O)O)C(=O)O)ccc2c1. The van der Waals surface area contributed by atoms with Crippen molar-refractivity contribution in [3.63, 3.8) is 0 Å². The van der Waals surface area contributed by atoms with Crippen molar-refractivity contribution in [2.45, 2.75) is 37.8 Å². The molecule has 10 nitrogen and oxygen atoms in total. The number of carbonyl (C=O) groups excluding carboxylic acids is 2. The minimum atomic E-state index is -1.52. The zero-order valence-electron chi connectivity index (χ0n) is 25.8. The quantitative estimate of drug-likeness (QED) is 0.115. The van der Waals surface area contributed by atoms with Crippen molar-refractivity contribution in [3.8, 4) is 11.5 Å². The molecule has 46 heavy (non-hydrogen) atoms. The lowest BCUT2D eigenvalue weighted by Crippen LogP contribution is -2.52. The van der Waals surface area contributed by atoms with E-state index < -0.39 is 47.7 Å². The number of nitrogens with zero attached hydrogens (tertiary/aromatic N) is 1. The Kier molecular flexibility index (Phi) is 11.5. The Morgan fingerprint density at radius 1 is 0.674 bits per heavy atom. The van der Waals surface area contributed by atoms with Crippen LogP contribution in [0.1, 0.15) is 36.8 Å². The number of carboxylic acids is 2. The second kappa shape index (κ2) is 15.4. The van der Waals surface area contributed by atoms with Crippen molar-refractivity contribution < 1.29 is 38.9 Å². The Labute approximate surface area is 274 Å². The van der Waals surface area contributed by atoms with Crippen LogP contribution in [0.2, 0.25) is 0 Å². The first kappa shape index (κ1) is 34.6. The van der Waals surface area contributed by atoms with Crippen LogP contribution in [-0.4, -0.2) is 76.7 Å². The van der Waals surface area contributed by atoms with E-state index in [1.807, 2.05) is 48.5 Å². The number of aliphatic carboxylic acids is 2. The molecule has 0 fully saturated rings. The molecular weight excluding hydrogens is 629 g/mol. The lowest BCUT2D eigenvalue weighted by Gasteiger charge is -2.32. The van der Waals surface area contributed by atoms with Gasteiger partial charge in [-0.15, -0.1) is 0 Å². The standard InChI is InChI=1S/C34H36N2O8S2/c1-19(21-5-7-25-15-27(43-3)11-9-23(25)13-21)31(37)36(30(34(41)42)18-46-45-17-29(35)33(39)40)32(38)20(2)22-6-8-26-16-28(44-4)12-10-24(26)14-22/h5-16,19-20,29-30H,17-18,35H2,1-4H3,(H,39,40)(H,41,42)/t19?,20?,29?,30-/m0/s1. The van der Waals surface area contributed by atoms with Crippen molar-refractivity contribution in [3.05, 3.63) is 83.9 Å². The van der Waals surface area contributed by atoms with Gasteiger partial charge in [-0.3, -0.25) is 19.3 Å². The van der Waals surface area contributed by atoms with Crippen LogP contribution in [-0.2, 0) is 19.2 Å². The van der Waals surface area contributed by atoms with Crippen molar-refractivity contribution in [2.24, 2.45) is 5.73 Å². The van der Waals surface area contributed by atoms with Gasteiger partial charge in [-0.2, -0.15) is 0 Å². The minimum absolute atomic E-state index is 0.0186. The predicted molar refractivity (Wildman–Crippen MR) is 182 cm³/mol. The molecular formula is C34H36N2O8S2. The van der Waals surface area contributed by atoms with Crippen LogP contribution < -0.4 is 15.2 Å². The molecule has 0 saturated carbocycles. The maximum absolute atomic E-state index is 14.2. The maximum atomic E-state index is 14.2. The monoisotopic (exact) mass is 664 g/mol. The number of hydrogen-bond donors (Lipinski definition) is 3. The van der Waals surface area contributed by atoms with Gasteiger partial charge in [0.15, 0.2) is 0 Å². The normalized spacial score (nSPS) is 13.8. The van der Waals surface area contributed by atoms with Crippen LogP contribution in [0.4, 0.5) is 0 Å². The Morgan fingerprint density at radius 3 is 1.50 bits per heavy atom. The van der Waals surface area contributed by atoms with E-state index in [0.29, 0.717) is 22.6 Å². The lowest BCUT2D eigenvalue weighted by molar-refractivity contribution is -0.158. The molecule has 4 rings (SSSR count). The number of ether oxygens (including phenoxy) is 2. The summed E-state index contributed by atoms with van der Waals surface area (Å²) in [5, 5.41) is 22.9. The molecule has 0 aliphatic carbocycles. The number of nitrogens with two attached hydrogens (primary N) is 1. The molecule has 0 aliphatic rings. The summed E-state index contributed by atoms with van der Waals surface area (Å²) in [5.74, 6) is -4.33. The van der Waals surface area contributed by atoms with E-state index in [0.717, 1.165) is 48.0 Å². The molecule has 0 aliphatic heterocycles. The van der Waals surface area contributed by atoms with Crippen LogP contribution in [0.15, 0.2) is 72.8 Å². The number of carbonyl (C=O) groups is 4. The largest absolute Gasteiger partial charge is 0.497 e. The van der Waals surface area contributed by atoms with Crippen LogP contribution in [0.3, 0.4) is 0 Å². The predicted octanol–water partition coefficient (Wildman–Crippen LogP) is 5.52. The van der Waals surface area contributed by atoms with E-state index in [1.165, 1.54) is 0 Å². The average molecular weight is 665 g/mol. The number of imide groups is 1. The highest BCUT2D eigenvalue weighted by atomic mass is 33.1. The molecule has 0 bridgehead atoms. The van der Waals surface area contributed by atoms with Crippen molar-refractivity contribution in [1.29, 1.82) is 0 Å². The summed E-state index contributed by atoms with van der Waals surface area (Å²) in [4.78, 5) is 53.1. The third-order valence-corrected chi connectivity index (χ3v) is 10.3. The fourth-order valence-electron chi connectivity index (χ4n) is 4.96. The van der Waals surface area contributed by atoms with Gasteiger partial charge in [-0.1, -0.05) is 70.1 Å². The minimum Gasteiger partial charge on any atom is -0.497 e. The summed E-state index contributed by atoms with van der Waals surface area (Å²) in [7, 11) is 5.27. The van der Waals surface area contributed by atoms with E-state index >= 15 is 0 Å². The third-order valence-electron chi connectivity index (χ3n) is 7.83. The van der Waals surface area contributed by atoms with Gasteiger partial charge < -0.3 is 25.4 Å². The number of methoxy groups -OCH3 is 2. The Bertz CT molecular complexity index is 1660. The van der Waals surface area contributed by atoms with Crippen molar-refractivity contribution >= 4 is 66.9 Å². The van der Waals surface area contributed by atoms with Gasteiger partial charge in [0.05, 0.1) is 26.1 Å². The first-order valence-electron chi connectivity index (χ1n) is 14.4. The number of fused-ring (bicyclic) bond motifs is 2. The number of hydrogen-bond acceptors (Lipinski definition) is 9. The van der Waals surface area contributed by atoms with Gasteiger partial charge >= 0.3 is 11.9 Å². The molecule has 0 saturated heterocycles. The van der Waals surface area contributed by atoms with Crippen LogP contribution >= 0.6 is 21.6 Å². The van der Waals surface area contributed by atoms with E-state index in [9.17, 15) is 24.3 Å². The molecule has 0 spiro atoms. The van der Waals surface area contributed by atoms with E-state index in [4.69, 9.17) is 20.3 Å². The molecule has 4 N–H and O–H groups in total. The summed E-state index contributed by atoms with van der Waals surface area (Å²) in [6.07, 6.45) is 0. The molecule has 12 heteroatoms. The summed E-state index contributed by atoms with van der Waals surface area (Å²) < 4.78 is 10.6. The summed E-state index contributed by atoms with van der Waals surface area (Å²) in [6, 6.07) is 19.4. The molecule has 0 heterocycles. The van der Waals surface area contributed by atoms with Gasteiger partial charge in [0.25, 0.3) is 0 Å². The second-order valence-electron chi connectivity index (χ2n) is 10.8. The highest BCUT2D eigenvalue weighted by Crippen LogP contribution is 2.32. The molecule has 2 amide bonds. The highest BCUT2D eigenvalue weighted by molar-refractivity contribution is 8.76. The fourth-order valence-corrected chi connectivity index (χ4v) is 7.26. The molecule has 3 unspecified atom stereocenters. The van der Waals surface area contributed by atoms with Crippen LogP contribution in [0.25, 0.3) is 21.5 Å². The number of benzene rings is 4. The van der Waals surface area contributed by atoms with Crippen LogP contribution in [0.5, 0.6) is 11.5 Å². The molecule has 0 radical (unpaired) electrons. The fraction of sp³-hybridized carbons (Fsp3) is 0.294. The number of rotatable bonds is 14. The average Bonchev–Trinajstić information content (AvgIpc) is 3.06. The van der Waals surface area contributed by atoms with Gasteiger partial charge in [-0.25, -0.2) is 4.79 Å². The summed E-state index contributed by atoms with van der Waals surface area (Å²) in [6.45, 7) is 3.29. The molecule has 0 aromatic heterocycles. The van der Waals surface area contributed by atoms with Gasteiger partial charge in [0, 0.05) is 11.5 Å². The molecule has 242 valence electrons. The first-order valence-corrected chi connectivity index (χ1v) is 16.9. The lowest BCUT2D eigenvalue weighted by atomic mass is 9.93. The van der Waals surface area contributed by atoms with Crippen molar-refractivity contribution in [2.75, 3.05) is 25.7 Å². The zero-order valence-corrected chi connectivity index (χ0v) is 27.5. The van der Waals surface area contributed by atoms with E-state index in [1.54, 1.807) is 52.3 Å². The Hall–Kier alpha value is -4.26. The second-order valence-corrected chi connectivity index (χ2v) is 13.4. The highest BCUT2D eigenvalue weighted by Gasteiger charge is 2.39. The van der Waals surface area contributed by atoms with E-state index in [-0.39, 0.29) is 11.5 Å². The zero-order chi connectivity index (χ0) is 33.5.